The van der Waals surface area contributed by atoms with Crippen LogP contribution in [0, 0.1) is 0 Å². The van der Waals surface area contributed by atoms with Gasteiger partial charge in [-0.1, -0.05) is 209 Å². The van der Waals surface area contributed by atoms with E-state index in [0.717, 1.165) is 35.9 Å². The summed E-state index contributed by atoms with van der Waals surface area (Å²) in [5.41, 5.74) is 6.40. The van der Waals surface area contributed by atoms with Crippen LogP contribution in [0.2, 0.25) is 0 Å². The summed E-state index contributed by atoms with van der Waals surface area (Å²) >= 11 is 14.4. The van der Waals surface area contributed by atoms with Crippen molar-refractivity contribution in [3.63, 3.8) is 0 Å². The minimum Gasteiger partial charge on any atom is -0.481 e. The maximum absolute atomic E-state index is 12.3. The normalized spacial score (nSPS) is 16.0. The molecule has 9 heteroatoms. The summed E-state index contributed by atoms with van der Waals surface area (Å²) in [6.45, 7) is 1.08. The van der Waals surface area contributed by atoms with E-state index < -0.39 is 17.2 Å². The topological polar surface area (TPSA) is 77.8 Å². The number of hydrogen-bond donors (Lipinski definition) is 3. The van der Waals surface area contributed by atoms with Gasteiger partial charge in [0.25, 0.3) is 5.97 Å². The number of hydrogen-bond acceptors (Lipinski definition) is 3. The molecule has 0 atom stereocenters. The third-order valence-corrected chi connectivity index (χ3v) is 13.0. The van der Waals surface area contributed by atoms with Crippen LogP contribution in [-0.4, -0.2) is 21.3 Å². The molecule has 0 amide bonds. The van der Waals surface area contributed by atoms with Crippen molar-refractivity contribution in [2.45, 2.75) is 18.1 Å². The molecule has 0 aliphatic heterocycles. The van der Waals surface area contributed by atoms with Gasteiger partial charge in [0.1, 0.15) is 11.2 Å². The molecule has 0 bridgehead atoms. The van der Waals surface area contributed by atoms with E-state index in [9.17, 15) is 10.2 Å². The number of carbonyl (C=O) groups is 1. The van der Waals surface area contributed by atoms with Crippen molar-refractivity contribution in [1.29, 1.82) is 0 Å². The fourth-order valence-electron chi connectivity index (χ4n) is 8.61. The van der Waals surface area contributed by atoms with Crippen molar-refractivity contribution >= 4 is 91.2 Å². The van der Waals surface area contributed by atoms with Crippen molar-refractivity contribution in [3.05, 3.63) is 245 Å². The fraction of sp³-hybridized carbons (Fsp3) is 0.0556. The molecule has 0 fully saturated rings. The zero-order valence-electron chi connectivity index (χ0n) is 33.9. The van der Waals surface area contributed by atoms with Gasteiger partial charge in [-0.05, 0) is 126 Å². The van der Waals surface area contributed by atoms with Crippen molar-refractivity contribution < 1.29 is 39.6 Å². The van der Waals surface area contributed by atoms with Crippen LogP contribution < -0.4 is 0 Å². The summed E-state index contributed by atoms with van der Waals surface area (Å²) in [5, 5.41) is 37.0. The maximum atomic E-state index is 12.3. The van der Waals surface area contributed by atoms with E-state index in [2.05, 4.69) is 161 Å². The summed E-state index contributed by atoms with van der Waals surface area (Å²) in [5.74, 6) is -0.833. The smallest absolute Gasteiger partial charge is 0.300 e. The summed E-state index contributed by atoms with van der Waals surface area (Å²) < 4.78 is 3.95. The molecule has 10 rings (SSSR count). The maximum Gasteiger partial charge on any atom is 0.300 e. The molecule has 0 aromatic heterocycles. The number of aliphatic hydroxyl groups is 2. The number of carboxylic acid groups (broad SMARTS) is 1. The van der Waals surface area contributed by atoms with Crippen LogP contribution in [0.5, 0.6) is 0 Å². The molecule has 308 valence electrons. The predicted molar refractivity (Wildman–Crippen MR) is 266 cm³/mol. The Kier molecular flexibility index (Phi) is 14.5. The fourth-order valence-corrected chi connectivity index (χ4v) is 10.2. The summed E-state index contributed by atoms with van der Waals surface area (Å²) in [6.07, 6.45) is 0. The van der Waals surface area contributed by atoms with Gasteiger partial charge >= 0.3 is 0 Å². The SMILES string of the molecule is Brc1cccc(-c2c3ccccc3c(-c3cccc(Br)c3)c3ccccc23)c1.CC(=O)O.OC1(c2cccc(Br)c2)c2ccccc2C(O)(c2cccc(Br)c2)c2ccccc21.[Zn]. The van der Waals surface area contributed by atoms with Gasteiger partial charge in [0, 0.05) is 44.3 Å². The Bertz CT molecular complexity index is 2820. The Morgan fingerprint density at radius 2 is 0.651 bits per heavy atom. The quantitative estimate of drug-likeness (QED) is 0.121. The van der Waals surface area contributed by atoms with E-state index in [1.165, 1.54) is 43.8 Å². The number of fused-ring (bicyclic) bond motifs is 4. The number of rotatable bonds is 4. The number of benzene rings is 9. The van der Waals surface area contributed by atoms with Crippen molar-refractivity contribution in [2.24, 2.45) is 0 Å². The summed E-state index contributed by atoms with van der Waals surface area (Å²) in [7, 11) is 0. The first kappa shape index (κ1) is 46.4. The van der Waals surface area contributed by atoms with Crippen molar-refractivity contribution in [1.82, 2.24) is 0 Å². The van der Waals surface area contributed by atoms with Crippen LogP contribution in [0.25, 0.3) is 43.8 Å². The third kappa shape index (κ3) is 9.08. The molecule has 4 nitrogen and oxygen atoms in total. The third-order valence-electron chi connectivity index (χ3n) is 11.1. The molecule has 63 heavy (non-hydrogen) atoms. The van der Waals surface area contributed by atoms with Gasteiger partial charge < -0.3 is 15.3 Å². The van der Waals surface area contributed by atoms with Crippen LogP contribution in [0.4, 0.5) is 0 Å². The molecule has 1 aliphatic carbocycles. The van der Waals surface area contributed by atoms with E-state index >= 15 is 0 Å². The second kappa shape index (κ2) is 19.7. The molecule has 0 saturated carbocycles. The predicted octanol–water partition coefficient (Wildman–Crippen LogP) is 15.0. The van der Waals surface area contributed by atoms with E-state index in [0.29, 0.717) is 22.3 Å². The molecule has 9 aromatic rings. The van der Waals surface area contributed by atoms with E-state index in [1.54, 1.807) is 0 Å². The average molecular weight is 1140 g/mol. The average Bonchev–Trinajstić information content (AvgIpc) is 3.27. The van der Waals surface area contributed by atoms with Gasteiger partial charge in [-0.3, -0.25) is 4.79 Å². The first-order chi connectivity index (χ1) is 29.9. The van der Waals surface area contributed by atoms with Crippen LogP contribution >= 0.6 is 63.7 Å². The zero-order valence-corrected chi connectivity index (χ0v) is 43.3. The molecule has 0 unspecified atom stereocenters. The van der Waals surface area contributed by atoms with Crippen LogP contribution in [0.3, 0.4) is 0 Å². The molecule has 0 saturated heterocycles. The van der Waals surface area contributed by atoms with Gasteiger partial charge in [0.2, 0.25) is 0 Å². The van der Waals surface area contributed by atoms with Crippen molar-refractivity contribution in [2.75, 3.05) is 0 Å². The Hall–Kier alpha value is -4.57. The van der Waals surface area contributed by atoms with Crippen LogP contribution in [-0.2, 0) is 35.5 Å². The molecule has 1 aliphatic rings. The number of halogens is 4. The van der Waals surface area contributed by atoms with Gasteiger partial charge in [-0.15, -0.1) is 0 Å². The summed E-state index contributed by atoms with van der Waals surface area (Å²) in [4.78, 5) is 9.00. The van der Waals surface area contributed by atoms with Crippen molar-refractivity contribution in [3.8, 4) is 22.3 Å². The second-order valence-corrected chi connectivity index (χ2v) is 18.6. The first-order valence-electron chi connectivity index (χ1n) is 19.7. The minimum atomic E-state index is -1.39. The second-order valence-electron chi connectivity index (χ2n) is 14.9. The van der Waals surface area contributed by atoms with Crippen LogP contribution in [0.15, 0.2) is 212 Å². The van der Waals surface area contributed by atoms with Gasteiger partial charge in [-0.2, -0.15) is 0 Å². The monoisotopic (exact) mass is 1130 g/mol. The summed E-state index contributed by atoms with van der Waals surface area (Å²) in [6, 6.07) is 65.2. The molecule has 0 spiro atoms. The van der Waals surface area contributed by atoms with E-state index in [1.807, 2.05) is 97.1 Å². The molecule has 0 heterocycles. The Morgan fingerprint density at radius 1 is 0.397 bits per heavy atom. The number of aliphatic carboxylic acids is 1. The van der Waals surface area contributed by atoms with Gasteiger partial charge in [-0.25, -0.2) is 0 Å². The largest absolute Gasteiger partial charge is 0.481 e. The van der Waals surface area contributed by atoms with E-state index in [4.69, 9.17) is 9.90 Å². The van der Waals surface area contributed by atoms with Gasteiger partial charge in [0.15, 0.2) is 0 Å². The Balaban J connectivity index is 0.000000172. The van der Waals surface area contributed by atoms with Gasteiger partial charge in [0.05, 0.1) is 0 Å². The number of carboxylic acids is 1. The molecular weight excluding hydrogens is 1100 g/mol. The Morgan fingerprint density at radius 3 is 0.921 bits per heavy atom. The van der Waals surface area contributed by atoms with E-state index in [-0.39, 0.29) is 19.5 Å². The molecule has 0 radical (unpaired) electrons. The first-order valence-corrected chi connectivity index (χ1v) is 22.9. The Labute approximate surface area is 413 Å². The molecule has 3 N–H and O–H groups in total. The molecule has 9 aromatic carbocycles. The molecular formula is C54H38Br4O4Zn. The standard InChI is InChI=1S/C26H18Br2O2.C26H16Br2.C2H4O2.Zn/c27-19-9-5-7-17(15-19)25(29)21-11-1-2-12-22(21)26(30,18-8-6-10-20(28)16-18)24-14-4-3-13-23(24)25;27-19-9-5-7-17(15-19)25-21-11-1-2-12-22(21)26(18-8-6-10-20(28)16-18)24-14-4-3-13-23(24)25;1-2(3)4;/h1-16,29-30H;1-16H;1H3,(H,3,4);. The minimum absolute atomic E-state index is 0. The van der Waals surface area contributed by atoms with Crippen LogP contribution in [0.1, 0.15) is 40.3 Å². The zero-order chi connectivity index (χ0) is 43.6.